The Kier molecular flexibility index (Phi) is 7.47. The molecule has 1 aliphatic carbocycles. The van der Waals surface area contributed by atoms with E-state index in [2.05, 4.69) is 63.8 Å². The zero-order valence-electron chi connectivity index (χ0n) is 19.6. The Hall–Kier alpha value is -3.09. The minimum absolute atomic E-state index is 0.0283. The highest BCUT2D eigenvalue weighted by molar-refractivity contribution is 5.80. The maximum atomic E-state index is 11.5. The molecule has 1 aromatic carbocycles. The van der Waals surface area contributed by atoms with Gasteiger partial charge in [0, 0.05) is 49.3 Å². The molecule has 0 atom stereocenters. The van der Waals surface area contributed by atoms with Crippen molar-refractivity contribution in [1.82, 2.24) is 15.6 Å². The Labute approximate surface area is 196 Å². The molecule has 1 aromatic heterocycles. The molecule has 0 spiro atoms. The summed E-state index contributed by atoms with van der Waals surface area (Å²) in [7, 11) is 0. The Balaban J connectivity index is 1.43. The van der Waals surface area contributed by atoms with Crippen molar-refractivity contribution in [3.8, 4) is 0 Å². The van der Waals surface area contributed by atoms with Gasteiger partial charge < -0.3 is 21.3 Å². The molecule has 4 N–H and O–H groups in total. The van der Waals surface area contributed by atoms with Gasteiger partial charge in [-0.3, -0.25) is 4.79 Å². The van der Waals surface area contributed by atoms with E-state index in [1.165, 1.54) is 24.8 Å². The number of amides is 1. The third-order valence-electron chi connectivity index (χ3n) is 7.11. The van der Waals surface area contributed by atoms with Crippen LogP contribution < -0.4 is 21.3 Å². The molecule has 2 aliphatic rings. The average Bonchev–Trinajstić information content (AvgIpc) is 2.82. The molecule has 4 rings (SSSR count). The van der Waals surface area contributed by atoms with Crippen LogP contribution in [-0.4, -0.2) is 43.0 Å². The van der Waals surface area contributed by atoms with E-state index in [4.69, 9.17) is 10.7 Å². The number of rotatable bonds is 8. The maximum absolute atomic E-state index is 11.5. The van der Waals surface area contributed by atoms with Gasteiger partial charge in [0.15, 0.2) is 5.96 Å². The molecule has 33 heavy (non-hydrogen) atoms. The van der Waals surface area contributed by atoms with Gasteiger partial charge in [-0.15, -0.1) is 0 Å². The lowest BCUT2D eigenvalue weighted by molar-refractivity contribution is -0.122. The molecule has 0 radical (unpaired) electrons. The Morgan fingerprint density at radius 2 is 1.91 bits per heavy atom. The van der Waals surface area contributed by atoms with E-state index in [1.807, 2.05) is 12.3 Å². The highest BCUT2D eigenvalue weighted by Gasteiger charge is 2.38. The highest BCUT2D eigenvalue weighted by atomic mass is 16.1. The standard InChI is InChI=1S/C26H36N6O/c1-2-28-25(31-19-26(13-7-14-26)22-9-4-3-5-10-22)30-18-21-8-6-15-29-24(21)32-16-11-20(12-17-32)23(27)33/h3-6,8-10,15,20H,2,7,11-14,16-19H2,1H3,(H2,27,33)(H2,28,30,31). The summed E-state index contributed by atoms with van der Waals surface area (Å²) in [6.07, 6.45) is 7.07. The normalized spacial score (nSPS) is 18.5. The van der Waals surface area contributed by atoms with Gasteiger partial charge in [0.2, 0.25) is 5.91 Å². The molecule has 2 heterocycles. The summed E-state index contributed by atoms with van der Waals surface area (Å²) < 4.78 is 0. The second-order valence-corrected chi connectivity index (χ2v) is 9.20. The van der Waals surface area contributed by atoms with Crippen LogP contribution in [-0.2, 0) is 16.8 Å². The number of aromatic nitrogens is 1. The van der Waals surface area contributed by atoms with Crippen molar-refractivity contribution < 1.29 is 4.79 Å². The van der Waals surface area contributed by atoms with Gasteiger partial charge in [0.25, 0.3) is 0 Å². The van der Waals surface area contributed by atoms with Gasteiger partial charge in [-0.1, -0.05) is 42.8 Å². The molecule has 0 unspecified atom stereocenters. The van der Waals surface area contributed by atoms with Gasteiger partial charge in [0.1, 0.15) is 5.82 Å². The van der Waals surface area contributed by atoms with E-state index in [-0.39, 0.29) is 17.2 Å². The second kappa shape index (κ2) is 10.7. The maximum Gasteiger partial charge on any atom is 0.220 e. The zero-order chi connectivity index (χ0) is 23.1. The van der Waals surface area contributed by atoms with Crippen LogP contribution in [0, 0.1) is 5.92 Å². The van der Waals surface area contributed by atoms with Crippen LogP contribution in [0.25, 0.3) is 0 Å². The lowest BCUT2D eigenvalue weighted by Crippen LogP contribution is -2.48. The Morgan fingerprint density at radius 3 is 2.55 bits per heavy atom. The van der Waals surface area contributed by atoms with E-state index in [9.17, 15) is 4.79 Å². The van der Waals surface area contributed by atoms with Crippen molar-refractivity contribution in [2.24, 2.45) is 16.6 Å². The van der Waals surface area contributed by atoms with E-state index in [1.54, 1.807) is 0 Å². The fourth-order valence-corrected chi connectivity index (χ4v) is 4.94. The number of piperidine rings is 1. The summed E-state index contributed by atoms with van der Waals surface area (Å²) >= 11 is 0. The number of nitrogens with two attached hydrogens (primary N) is 1. The topological polar surface area (TPSA) is 95.6 Å². The number of carbonyl (C=O) groups excluding carboxylic acids is 1. The molecule has 1 saturated heterocycles. The number of hydrogen-bond donors (Lipinski definition) is 3. The lowest BCUT2D eigenvalue weighted by atomic mass is 9.64. The number of hydrogen-bond acceptors (Lipinski definition) is 4. The fraction of sp³-hybridized carbons (Fsp3) is 0.500. The van der Waals surface area contributed by atoms with Crippen molar-refractivity contribution in [2.45, 2.75) is 51.0 Å². The molecular weight excluding hydrogens is 412 g/mol. The number of nitrogens with one attached hydrogen (secondary N) is 2. The number of guanidine groups is 1. The lowest BCUT2D eigenvalue weighted by Gasteiger charge is -2.43. The first-order valence-corrected chi connectivity index (χ1v) is 12.2. The Morgan fingerprint density at radius 1 is 1.15 bits per heavy atom. The average molecular weight is 449 g/mol. The first kappa shape index (κ1) is 23.1. The minimum atomic E-state index is -0.193. The summed E-state index contributed by atoms with van der Waals surface area (Å²) in [5, 5.41) is 7.00. The molecule has 7 heteroatoms. The predicted octanol–water partition coefficient (Wildman–Crippen LogP) is 2.96. The molecule has 1 aliphatic heterocycles. The van der Waals surface area contributed by atoms with Crippen molar-refractivity contribution in [1.29, 1.82) is 0 Å². The summed E-state index contributed by atoms with van der Waals surface area (Å²) in [5.74, 6) is 1.57. The number of pyridine rings is 1. The summed E-state index contributed by atoms with van der Waals surface area (Å²) in [4.78, 5) is 23.3. The zero-order valence-corrected chi connectivity index (χ0v) is 19.6. The van der Waals surface area contributed by atoms with Gasteiger partial charge in [-0.25, -0.2) is 9.98 Å². The molecule has 2 aromatic rings. The third kappa shape index (κ3) is 5.46. The van der Waals surface area contributed by atoms with Crippen molar-refractivity contribution >= 4 is 17.7 Å². The van der Waals surface area contributed by atoms with E-state index < -0.39 is 0 Å². The largest absolute Gasteiger partial charge is 0.369 e. The molecule has 7 nitrogen and oxygen atoms in total. The molecule has 2 fully saturated rings. The van der Waals surface area contributed by atoms with Crippen LogP contribution in [0.15, 0.2) is 53.7 Å². The van der Waals surface area contributed by atoms with E-state index >= 15 is 0 Å². The molecule has 1 amide bonds. The smallest absolute Gasteiger partial charge is 0.220 e. The fourth-order valence-electron chi connectivity index (χ4n) is 4.94. The van der Waals surface area contributed by atoms with Crippen LogP contribution in [0.3, 0.4) is 0 Å². The van der Waals surface area contributed by atoms with Crippen molar-refractivity contribution in [3.63, 3.8) is 0 Å². The summed E-state index contributed by atoms with van der Waals surface area (Å²) in [6, 6.07) is 14.9. The van der Waals surface area contributed by atoms with Gasteiger partial charge >= 0.3 is 0 Å². The van der Waals surface area contributed by atoms with Crippen molar-refractivity contribution in [2.75, 3.05) is 31.1 Å². The van der Waals surface area contributed by atoms with Gasteiger partial charge in [-0.2, -0.15) is 0 Å². The van der Waals surface area contributed by atoms with Crippen LogP contribution in [0.4, 0.5) is 5.82 Å². The van der Waals surface area contributed by atoms with Gasteiger partial charge in [0.05, 0.1) is 6.54 Å². The van der Waals surface area contributed by atoms with Crippen LogP contribution in [0.1, 0.15) is 50.2 Å². The number of carbonyl (C=O) groups is 1. The highest BCUT2D eigenvalue weighted by Crippen LogP contribution is 2.43. The second-order valence-electron chi connectivity index (χ2n) is 9.20. The summed E-state index contributed by atoms with van der Waals surface area (Å²) in [6.45, 7) is 5.91. The van der Waals surface area contributed by atoms with E-state index in [0.29, 0.717) is 6.54 Å². The van der Waals surface area contributed by atoms with Gasteiger partial charge in [-0.05, 0) is 44.2 Å². The molecule has 1 saturated carbocycles. The van der Waals surface area contributed by atoms with Crippen molar-refractivity contribution in [3.05, 3.63) is 59.8 Å². The molecule has 0 bridgehead atoms. The summed E-state index contributed by atoms with van der Waals surface area (Å²) in [5.41, 5.74) is 8.19. The number of aliphatic imine (C=N–C) groups is 1. The number of primary amides is 1. The first-order chi connectivity index (χ1) is 16.1. The number of nitrogens with zero attached hydrogens (tertiary/aromatic N) is 3. The SMILES string of the molecule is CCNC(=NCc1cccnc1N1CCC(C(N)=O)CC1)NCC1(c2ccccc2)CCC1. The quantitative estimate of drug-likeness (QED) is 0.426. The Bertz CT molecular complexity index is 948. The monoisotopic (exact) mass is 448 g/mol. The first-order valence-electron chi connectivity index (χ1n) is 12.2. The predicted molar refractivity (Wildman–Crippen MR) is 133 cm³/mol. The van der Waals surface area contributed by atoms with Crippen LogP contribution >= 0.6 is 0 Å². The number of benzene rings is 1. The minimum Gasteiger partial charge on any atom is -0.369 e. The molecular formula is C26H36N6O. The van der Waals surface area contributed by atoms with E-state index in [0.717, 1.165) is 56.4 Å². The van der Waals surface area contributed by atoms with Crippen LogP contribution in [0.5, 0.6) is 0 Å². The van der Waals surface area contributed by atoms with Crippen LogP contribution in [0.2, 0.25) is 0 Å². The third-order valence-corrected chi connectivity index (χ3v) is 7.11. The number of anilines is 1. The molecule has 176 valence electrons.